The SMILES string of the molecule is CCOC(=O)c1cc(-c2cccnc2)n2nc(-c3ccc(Br)cc3F)cc2n1. The maximum atomic E-state index is 14.4. The Morgan fingerprint density at radius 1 is 1.25 bits per heavy atom. The molecule has 0 radical (unpaired) electrons. The third-order valence-corrected chi connectivity index (χ3v) is 4.57. The Labute approximate surface area is 168 Å². The largest absolute Gasteiger partial charge is 0.461 e. The van der Waals surface area contributed by atoms with E-state index in [-0.39, 0.29) is 12.3 Å². The standard InChI is InChI=1S/C20H14BrFN4O2/c1-2-28-20(27)17-9-18(12-4-3-7-23-11-12)26-19(24-17)10-16(25-26)14-6-5-13(21)8-15(14)22/h3-11H,2H2,1H3. The van der Waals surface area contributed by atoms with Crippen LogP contribution in [0, 0.1) is 5.82 Å². The number of esters is 1. The summed E-state index contributed by atoms with van der Waals surface area (Å²) in [6, 6.07) is 11.6. The van der Waals surface area contributed by atoms with E-state index in [4.69, 9.17) is 4.74 Å². The van der Waals surface area contributed by atoms with E-state index in [1.807, 2.05) is 6.07 Å². The van der Waals surface area contributed by atoms with Crippen LogP contribution in [0.5, 0.6) is 0 Å². The number of aromatic nitrogens is 4. The summed E-state index contributed by atoms with van der Waals surface area (Å²) in [6.07, 6.45) is 3.31. The minimum atomic E-state index is -0.535. The van der Waals surface area contributed by atoms with E-state index in [0.717, 1.165) is 5.56 Å². The fraction of sp³-hybridized carbons (Fsp3) is 0.100. The fourth-order valence-corrected chi connectivity index (χ4v) is 3.17. The van der Waals surface area contributed by atoms with Crippen molar-refractivity contribution in [1.82, 2.24) is 19.6 Å². The Morgan fingerprint density at radius 2 is 2.11 bits per heavy atom. The summed E-state index contributed by atoms with van der Waals surface area (Å²) in [7, 11) is 0. The van der Waals surface area contributed by atoms with Gasteiger partial charge in [0.1, 0.15) is 5.82 Å². The molecule has 0 atom stereocenters. The van der Waals surface area contributed by atoms with E-state index in [2.05, 4.69) is 31.0 Å². The van der Waals surface area contributed by atoms with Crippen molar-refractivity contribution in [3.8, 4) is 22.5 Å². The minimum absolute atomic E-state index is 0.149. The van der Waals surface area contributed by atoms with Gasteiger partial charge in [-0.2, -0.15) is 5.10 Å². The predicted molar refractivity (Wildman–Crippen MR) is 105 cm³/mol. The molecule has 0 aliphatic heterocycles. The molecule has 140 valence electrons. The van der Waals surface area contributed by atoms with Crippen molar-refractivity contribution < 1.29 is 13.9 Å². The van der Waals surface area contributed by atoms with Gasteiger partial charge in [0.05, 0.1) is 18.0 Å². The van der Waals surface area contributed by atoms with E-state index < -0.39 is 11.8 Å². The molecule has 0 bridgehead atoms. The molecule has 4 aromatic rings. The number of pyridine rings is 1. The number of ether oxygens (including phenoxy) is 1. The second-order valence-corrected chi connectivity index (χ2v) is 6.83. The van der Waals surface area contributed by atoms with Gasteiger partial charge >= 0.3 is 5.97 Å². The van der Waals surface area contributed by atoms with E-state index in [1.54, 1.807) is 54.2 Å². The smallest absolute Gasteiger partial charge is 0.357 e. The van der Waals surface area contributed by atoms with Crippen LogP contribution in [-0.2, 0) is 4.74 Å². The van der Waals surface area contributed by atoms with Crippen LogP contribution in [0.3, 0.4) is 0 Å². The van der Waals surface area contributed by atoms with Gasteiger partial charge in [0.25, 0.3) is 0 Å². The van der Waals surface area contributed by atoms with Gasteiger partial charge < -0.3 is 4.74 Å². The van der Waals surface area contributed by atoms with Crippen LogP contribution >= 0.6 is 15.9 Å². The van der Waals surface area contributed by atoms with Gasteiger partial charge in [-0.3, -0.25) is 4.98 Å². The van der Waals surface area contributed by atoms with Gasteiger partial charge in [-0.25, -0.2) is 18.7 Å². The average Bonchev–Trinajstić information content (AvgIpc) is 3.11. The van der Waals surface area contributed by atoms with Crippen molar-refractivity contribution >= 4 is 27.5 Å². The second kappa shape index (κ2) is 7.47. The molecule has 0 aliphatic carbocycles. The van der Waals surface area contributed by atoms with Crippen LogP contribution in [0.25, 0.3) is 28.2 Å². The van der Waals surface area contributed by atoms with Crippen molar-refractivity contribution in [1.29, 1.82) is 0 Å². The zero-order chi connectivity index (χ0) is 19.7. The van der Waals surface area contributed by atoms with Crippen LogP contribution in [0.1, 0.15) is 17.4 Å². The van der Waals surface area contributed by atoms with Crippen LogP contribution in [-0.4, -0.2) is 32.2 Å². The number of carbonyl (C=O) groups is 1. The summed E-state index contributed by atoms with van der Waals surface area (Å²) in [5, 5.41) is 4.52. The summed E-state index contributed by atoms with van der Waals surface area (Å²) >= 11 is 3.25. The lowest BCUT2D eigenvalue weighted by atomic mass is 10.1. The Kier molecular flexibility index (Phi) is 4.87. The highest BCUT2D eigenvalue weighted by atomic mass is 79.9. The van der Waals surface area contributed by atoms with Crippen molar-refractivity contribution in [2.45, 2.75) is 6.92 Å². The lowest BCUT2D eigenvalue weighted by molar-refractivity contribution is 0.0519. The molecule has 6 nitrogen and oxygen atoms in total. The topological polar surface area (TPSA) is 69.4 Å². The predicted octanol–water partition coefficient (Wildman–Crippen LogP) is 4.54. The monoisotopic (exact) mass is 440 g/mol. The van der Waals surface area contributed by atoms with Crippen LogP contribution in [0.4, 0.5) is 4.39 Å². The molecule has 0 amide bonds. The molecule has 0 aliphatic rings. The number of fused-ring (bicyclic) bond motifs is 1. The maximum absolute atomic E-state index is 14.4. The second-order valence-electron chi connectivity index (χ2n) is 5.91. The van der Waals surface area contributed by atoms with Gasteiger partial charge in [-0.15, -0.1) is 0 Å². The molecule has 0 unspecified atom stereocenters. The molecular formula is C20H14BrFN4O2. The van der Waals surface area contributed by atoms with Crippen molar-refractivity contribution in [3.63, 3.8) is 0 Å². The van der Waals surface area contributed by atoms with Gasteiger partial charge in [0.15, 0.2) is 11.3 Å². The van der Waals surface area contributed by atoms with Gasteiger partial charge in [0, 0.05) is 34.1 Å². The van der Waals surface area contributed by atoms with Crippen LogP contribution < -0.4 is 0 Å². The van der Waals surface area contributed by atoms with Crippen LogP contribution in [0.15, 0.2) is 59.3 Å². The van der Waals surface area contributed by atoms with Gasteiger partial charge in [-0.1, -0.05) is 15.9 Å². The molecule has 3 heterocycles. The third-order valence-electron chi connectivity index (χ3n) is 4.08. The Bertz CT molecular complexity index is 1180. The summed E-state index contributed by atoms with van der Waals surface area (Å²) in [6.45, 7) is 1.97. The lowest BCUT2D eigenvalue weighted by Crippen LogP contribution is -2.09. The van der Waals surface area contributed by atoms with E-state index in [9.17, 15) is 9.18 Å². The van der Waals surface area contributed by atoms with Crippen molar-refractivity contribution in [3.05, 3.63) is 70.8 Å². The molecule has 3 aromatic heterocycles. The number of benzene rings is 1. The Morgan fingerprint density at radius 3 is 2.82 bits per heavy atom. The molecule has 8 heteroatoms. The van der Waals surface area contributed by atoms with Crippen molar-refractivity contribution in [2.24, 2.45) is 0 Å². The number of halogens is 2. The summed E-state index contributed by atoms with van der Waals surface area (Å²) in [5.74, 6) is -0.945. The highest BCUT2D eigenvalue weighted by Crippen LogP contribution is 2.28. The minimum Gasteiger partial charge on any atom is -0.461 e. The van der Waals surface area contributed by atoms with Gasteiger partial charge in [-0.05, 0) is 43.3 Å². The molecule has 0 spiro atoms. The summed E-state index contributed by atoms with van der Waals surface area (Å²) < 4.78 is 21.7. The highest BCUT2D eigenvalue weighted by Gasteiger charge is 2.18. The molecule has 0 N–H and O–H groups in total. The first-order valence-corrected chi connectivity index (χ1v) is 9.30. The number of nitrogens with zero attached hydrogens (tertiary/aromatic N) is 4. The molecular weight excluding hydrogens is 427 g/mol. The van der Waals surface area contributed by atoms with Gasteiger partial charge in [0.2, 0.25) is 0 Å². The van der Waals surface area contributed by atoms with Crippen molar-refractivity contribution in [2.75, 3.05) is 6.61 Å². The number of rotatable bonds is 4. The highest BCUT2D eigenvalue weighted by molar-refractivity contribution is 9.10. The Hall–Kier alpha value is -3.13. The van der Waals surface area contributed by atoms with Crippen LogP contribution in [0.2, 0.25) is 0 Å². The summed E-state index contributed by atoms with van der Waals surface area (Å²) in [4.78, 5) is 20.7. The molecule has 4 rings (SSSR count). The third kappa shape index (κ3) is 3.38. The molecule has 0 fully saturated rings. The first-order valence-electron chi connectivity index (χ1n) is 8.50. The van der Waals surface area contributed by atoms with E-state index in [0.29, 0.717) is 27.1 Å². The average molecular weight is 441 g/mol. The first kappa shape index (κ1) is 18.2. The number of carbonyl (C=O) groups excluding carboxylic acids is 1. The number of hydrogen-bond acceptors (Lipinski definition) is 5. The zero-order valence-corrected chi connectivity index (χ0v) is 16.4. The lowest BCUT2D eigenvalue weighted by Gasteiger charge is -2.07. The zero-order valence-electron chi connectivity index (χ0n) is 14.8. The molecule has 0 saturated carbocycles. The fourth-order valence-electron chi connectivity index (χ4n) is 2.83. The van der Waals surface area contributed by atoms with E-state index in [1.165, 1.54) is 6.07 Å². The normalized spacial score (nSPS) is 11.0. The maximum Gasteiger partial charge on any atom is 0.357 e. The van der Waals surface area contributed by atoms with E-state index >= 15 is 0 Å². The Balaban J connectivity index is 1.94. The molecule has 28 heavy (non-hydrogen) atoms. The summed E-state index contributed by atoms with van der Waals surface area (Å²) in [5.41, 5.74) is 2.64. The molecule has 0 saturated heterocycles. The molecule has 1 aromatic carbocycles. The quantitative estimate of drug-likeness (QED) is 0.435. The number of hydrogen-bond donors (Lipinski definition) is 0. The first-order chi connectivity index (χ1) is 13.6.